The van der Waals surface area contributed by atoms with Gasteiger partial charge in [-0.2, -0.15) is 5.10 Å². The molecule has 4 aromatic rings. The maximum atomic E-state index is 13.1. The van der Waals surface area contributed by atoms with E-state index in [2.05, 4.69) is 30.3 Å². The number of benzene rings is 1. The monoisotopic (exact) mass is 502 g/mol. The van der Waals surface area contributed by atoms with Gasteiger partial charge in [0.25, 0.3) is 5.91 Å². The van der Waals surface area contributed by atoms with E-state index in [9.17, 15) is 4.79 Å². The molecular weight excluding hydrogens is 472 g/mol. The standard InChI is InChI=1S/C26H30N8O3/c1-36-16-21-20(15-34(32-21)14-18-12-30-26(31-13-18)33-7-3-4-8-33)25(35)29-11-17-9-19-5-6-28-24(27)23(19)22(10-17)37-2/h5-6,9-10,12-13,15H,3-4,7-8,11,14,16H2,1-2H3,(H2,27,28)(H,29,35). The van der Waals surface area contributed by atoms with Crippen molar-refractivity contribution < 1.29 is 14.3 Å². The van der Waals surface area contributed by atoms with Gasteiger partial charge in [0.1, 0.15) is 17.3 Å². The lowest BCUT2D eigenvalue weighted by atomic mass is 10.1. The average molecular weight is 503 g/mol. The number of nitrogens with two attached hydrogens (primary N) is 1. The lowest BCUT2D eigenvalue weighted by Gasteiger charge is -2.14. The van der Waals surface area contributed by atoms with Gasteiger partial charge < -0.3 is 25.4 Å². The van der Waals surface area contributed by atoms with Gasteiger partial charge in [-0.3, -0.25) is 9.48 Å². The molecule has 1 amide bonds. The summed E-state index contributed by atoms with van der Waals surface area (Å²) in [7, 11) is 3.16. The van der Waals surface area contributed by atoms with Crippen LogP contribution in [-0.2, 0) is 24.4 Å². The Kier molecular flexibility index (Phi) is 7.13. The Morgan fingerprint density at radius 2 is 1.89 bits per heavy atom. The molecule has 0 radical (unpaired) electrons. The Labute approximate surface area is 214 Å². The van der Waals surface area contributed by atoms with Crippen LogP contribution in [0.3, 0.4) is 0 Å². The van der Waals surface area contributed by atoms with Gasteiger partial charge in [0, 0.05) is 57.1 Å². The molecule has 1 aromatic carbocycles. The maximum Gasteiger partial charge on any atom is 0.255 e. The Morgan fingerprint density at radius 3 is 2.62 bits per heavy atom. The molecule has 1 aliphatic rings. The smallest absolute Gasteiger partial charge is 0.255 e. The van der Waals surface area contributed by atoms with E-state index in [-0.39, 0.29) is 12.5 Å². The number of pyridine rings is 1. The zero-order chi connectivity index (χ0) is 25.8. The summed E-state index contributed by atoms with van der Waals surface area (Å²) in [6, 6.07) is 5.68. The van der Waals surface area contributed by atoms with Crippen LogP contribution in [0.25, 0.3) is 10.8 Å². The van der Waals surface area contributed by atoms with Crippen LogP contribution < -0.4 is 20.7 Å². The molecule has 5 rings (SSSR count). The van der Waals surface area contributed by atoms with Gasteiger partial charge in [-0.05, 0) is 42.0 Å². The second kappa shape index (κ2) is 10.8. The predicted octanol–water partition coefficient (Wildman–Crippen LogP) is 2.54. The molecule has 0 aliphatic carbocycles. The van der Waals surface area contributed by atoms with Crippen LogP contribution in [0.2, 0.25) is 0 Å². The average Bonchev–Trinajstić information content (AvgIpc) is 3.58. The van der Waals surface area contributed by atoms with Gasteiger partial charge in [-0.25, -0.2) is 15.0 Å². The Hall–Kier alpha value is -4.25. The normalized spacial score (nSPS) is 13.3. The van der Waals surface area contributed by atoms with Gasteiger partial charge in [0.2, 0.25) is 5.95 Å². The summed E-state index contributed by atoms with van der Waals surface area (Å²) in [5.74, 6) is 1.52. The topological polar surface area (TPSA) is 133 Å². The fraction of sp³-hybridized carbons (Fsp3) is 0.346. The second-order valence-electron chi connectivity index (χ2n) is 8.98. The molecule has 1 fully saturated rings. The van der Waals surface area contributed by atoms with Gasteiger partial charge >= 0.3 is 0 Å². The number of hydrogen-bond acceptors (Lipinski definition) is 9. The number of amides is 1. The lowest BCUT2D eigenvalue weighted by Crippen LogP contribution is -2.23. The van der Waals surface area contributed by atoms with Gasteiger partial charge in [0.15, 0.2) is 0 Å². The Bertz CT molecular complexity index is 1400. The first-order valence-corrected chi connectivity index (χ1v) is 12.2. The Morgan fingerprint density at radius 1 is 1.11 bits per heavy atom. The van der Waals surface area contributed by atoms with Gasteiger partial charge in [0.05, 0.1) is 31.2 Å². The number of fused-ring (bicyclic) bond motifs is 1. The molecule has 1 saturated heterocycles. The number of carbonyl (C=O) groups excluding carboxylic acids is 1. The van der Waals surface area contributed by atoms with Crippen LogP contribution in [-0.4, -0.2) is 57.9 Å². The molecule has 192 valence electrons. The molecule has 0 spiro atoms. The maximum absolute atomic E-state index is 13.1. The predicted molar refractivity (Wildman–Crippen MR) is 139 cm³/mol. The van der Waals surface area contributed by atoms with Crippen LogP contribution in [0.1, 0.15) is 40.0 Å². The molecule has 11 nitrogen and oxygen atoms in total. The van der Waals surface area contributed by atoms with E-state index in [0.29, 0.717) is 35.9 Å². The Balaban J connectivity index is 1.30. The summed E-state index contributed by atoms with van der Waals surface area (Å²) in [5, 5.41) is 9.20. The fourth-order valence-electron chi connectivity index (χ4n) is 4.58. The van der Waals surface area contributed by atoms with Crippen molar-refractivity contribution in [2.45, 2.75) is 32.5 Å². The van der Waals surface area contributed by atoms with Crippen LogP contribution >= 0.6 is 0 Å². The van der Waals surface area contributed by atoms with Crippen molar-refractivity contribution in [2.24, 2.45) is 0 Å². The molecule has 0 bridgehead atoms. The van der Waals surface area contributed by atoms with Crippen LogP contribution in [0.15, 0.2) is 43.0 Å². The number of nitrogen functional groups attached to an aromatic ring is 1. The summed E-state index contributed by atoms with van der Waals surface area (Å²) < 4.78 is 12.5. The molecular formula is C26H30N8O3. The molecule has 3 N–H and O–H groups in total. The first-order chi connectivity index (χ1) is 18.1. The number of hydrogen-bond donors (Lipinski definition) is 2. The summed E-state index contributed by atoms with van der Waals surface area (Å²) in [4.78, 5) is 28.5. The van der Waals surface area contributed by atoms with E-state index in [0.717, 1.165) is 40.9 Å². The zero-order valence-corrected chi connectivity index (χ0v) is 21.0. The summed E-state index contributed by atoms with van der Waals surface area (Å²) in [5.41, 5.74) is 8.82. The number of anilines is 2. The number of carbonyl (C=O) groups is 1. The van der Waals surface area contributed by atoms with Crippen LogP contribution in [0.5, 0.6) is 5.75 Å². The van der Waals surface area contributed by atoms with Crippen LogP contribution in [0, 0.1) is 0 Å². The van der Waals surface area contributed by atoms with E-state index in [1.807, 2.05) is 30.6 Å². The number of nitrogens with zero attached hydrogens (tertiary/aromatic N) is 6. The number of aromatic nitrogens is 5. The van der Waals surface area contributed by atoms with Gasteiger partial charge in [-0.1, -0.05) is 0 Å². The third-order valence-electron chi connectivity index (χ3n) is 6.38. The van der Waals surface area contributed by atoms with Crippen molar-refractivity contribution in [1.82, 2.24) is 30.0 Å². The van der Waals surface area contributed by atoms with Crippen molar-refractivity contribution in [3.8, 4) is 5.75 Å². The largest absolute Gasteiger partial charge is 0.496 e. The van der Waals surface area contributed by atoms with Crippen molar-refractivity contribution in [3.63, 3.8) is 0 Å². The highest BCUT2D eigenvalue weighted by Crippen LogP contribution is 2.31. The van der Waals surface area contributed by atoms with Crippen molar-refractivity contribution in [1.29, 1.82) is 0 Å². The molecule has 3 aromatic heterocycles. The van der Waals surface area contributed by atoms with E-state index < -0.39 is 0 Å². The molecule has 0 saturated carbocycles. The van der Waals surface area contributed by atoms with E-state index in [1.54, 1.807) is 31.3 Å². The van der Waals surface area contributed by atoms with E-state index in [4.69, 9.17) is 15.2 Å². The quantitative estimate of drug-likeness (QED) is 0.354. The fourth-order valence-corrected chi connectivity index (χ4v) is 4.58. The molecule has 37 heavy (non-hydrogen) atoms. The third-order valence-corrected chi connectivity index (χ3v) is 6.38. The van der Waals surface area contributed by atoms with Crippen molar-refractivity contribution in [3.05, 3.63) is 65.4 Å². The number of nitrogens with one attached hydrogen (secondary N) is 1. The summed E-state index contributed by atoms with van der Waals surface area (Å²) >= 11 is 0. The molecule has 4 heterocycles. The number of ether oxygens (including phenoxy) is 2. The summed E-state index contributed by atoms with van der Waals surface area (Å²) in [6.07, 6.45) is 9.35. The number of methoxy groups -OCH3 is 2. The first-order valence-electron chi connectivity index (χ1n) is 12.2. The van der Waals surface area contributed by atoms with E-state index >= 15 is 0 Å². The minimum Gasteiger partial charge on any atom is -0.496 e. The zero-order valence-electron chi connectivity index (χ0n) is 21.0. The highest BCUT2D eigenvalue weighted by molar-refractivity contribution is 5.97. The molecule has 0 unspecified atom stereocenters. The van der Waals surface area contributed by atoms with Crippen molar-refractivity contribution >= 4 is 28.4 Å². The lowest BCUT2D eigenvalue weighted by molar-refractivity contribution is 0.0946. The SMILES string of the molecule is COCc1nn(Cc2cnc(N3CCCC3)nc2)cc1C(=O)NCc1cc(OC)c2c(N)nccc2c1. The summed E-state index contributed by atoms with van der Waals surface area (Å²) in [6.45, 7) is 2.96. The number of rotatable bonds is 9. The minimum atomic E-state index is -0.243. The molecule has 0 atom stereocenters. The first kappa shape index (κ1) is 24.4. The molecule has 1 aliphatic heterocycles. The van der Waals surface area contributed by atoms with Crippen LogP contribution in [0.4, 0.5) is 11.8 Å². The van der Waals surface area contributed by atoms with Gasteiger partial charge in [-0.15, -0.1) is 0 Å². The highest BCUT2D eigenvalue weighted by Gasteiger charge is 2.18. The minimum absolute atomic E-state index is 0.218. The second-order valence-corrected chi connectivity index (χ2v) is 8.98. The highest BCUT2D eigenvalue weighted by atomic mass is 16.5. The third kappa shape index (κ3) is 5.31. The molecule has 11 heteroatoms. The van der Waals surface area contributed by atoms with E-state index in [1.165, 1.54) is 12.8 Å². The van der Waals surface area contributed by atoms with Crippen molar-refractivity contribution in [2.75, 3.05) is 37.9 Å².